The monoisotopic (exact) mass is 411 g/mol. The van der Waals surface area contributed by atoms with Gasteiger partial charge in [0.2, 0.25) is 5.91 Å². The Kier molecular flexibility index (Phi) is 5.12. The van der Waals surface area contributed by atoms with Crippen molar-refractivity contribution in [2.75, 3.05) is 4.90 Å². The molecule has 0 aliphatic carbocycles. The largest absolute Gasteiger partial charge is 0.308 e. The van der Waals surface area contributed by atoms with Crippen molar-refractivity contribution in [3.63, 3.8) is 0 Å². The van der Waals surface area contributed by atoms with Gasteiger partial charge < -0.3 is 4.90 Å². The molecule has 0 radical (unpaired) electrons. The van der Waals surface area contributed by atoms with Gasteiger partial charge in [0.15, 0.2) is 5.16 Å². The van der Waals surface area contributed by atoms with Gasteiger partial charge in [0, 0.05) is 18.3 Å². The van der Waals surface area contributed by atoms with Crippen LogP contribution in [0.3, 0.4) is 0 Å². The number of hydrogen-bond donors (Lipinski definition) is 0. The molecule has 7 heteroatoms. The Balaban J connectivity index is 1.66. The molecule has 3 aromatic rings. The molecule has 0 N–H and O–H groups in total. The van der Waals surface area contributed by atoms with Crippen molar-refractivity contribution < 1.29 is 4.79 Å². The van der Waals surface area contributed by atoms with Gasteiger partial charge in [0.25, 0.3) is 5.56 Å². The SMILES string of the molecule is C=CCn1c(S[C@H](C)C(=O)N2c3ccccc3C[C@@H]2C)nc2sccc2c1=O. The van der Waals surface area contributed by atoms with Crippen LogP contribution in [-0.4, -0.2) is 26.8 Å². The fraction of sp³-hybridized carbons (Fsp3) is 0.286. The molecule has 0 unspecified atom stereocenters. The number of allylic oxidation sites excluding steroid dienone is 1. The third kappa shape index (κ3) is 3.18. The second-order valence-electron chi connectivity index (χ2n) is 6.89. The molecular formula is C21H21N3O2S2. The number of thiophene rings is 1. The van der Waals surface area contributed by atoms with Crippen LogP contribution >= 0.6 is 23.1 Å². The predicted octanol–water partition coefficient (Wildman–Crippen LogP) is 4.10. The zero-order valence-electron chi connectivity index (χ0n) is 15.8. The molecule has 144 valence electrons. The molecule has 0 spiro atoms. The van der Waals surface area contributed by atoms with Gasteiger partial charge in [-0.3, -0.25) is 14.2 Å². The normalized spacial score (nSPS) is 16.9. The van der Waals surface area contributed by atoms with Gasteiger partial charge in [-0.05, 0) is 43.3 Å². The number of rotatable bonds is 5. The van der Waals surface area contributed by atoms with E-state index in [9.17, 15) is 9.59 Å². The van der Waals surface area contributed by atoms with Crippen LogP contribution in [0.15, 0.2) is 58.3 Å². The maximum atomic E-state index is 13.3. The molecule has 0 saturated carbocycles. The molecule has 1 aromatic carbocycles. The number of nitrogens with zero attached hydrogens (tertiary/aromatic N) is 3. The Labute approximate surface area is 171 Å². The van der Waals surface area contributed by atoms with E-state index in [-0.39, 0.29) is 22.8 Å². The summed E-state index contributed by atoms with van der Waals surface area (Å²) in [5.74, 6) is 0.0353. The van der Waals surface area contributed by atoms with Gasteiger partial charge in [0.1, 0.15) is 4.83 Å². The summed E-state index contributed by atoms with van der Waals surface area (Å²) in [4.78, 5) is 33.3. The Morgan fingerprint density at radius 1 is 1.43 bits per heavy atom. The van der Waals surface area contributed by atoms with Crippen molar-refractivity contribution in [1.82, 2.24) is 9.55 Å². The Morgan fingerprint density at radius 2 is 2.21 bits per heavy atom. The van der Waals surface area contributed by atoms with Crippen LogP contribution in [-0.2, 0) is 17.8 Å². The van der Waals surface area contributed by atoms with E-state index < -0.39 is 0 Å². The fourth-order valence-electron chi connectivity index (χ4n) is 3.62. The Hall–Kier alpha value is -2.38. The molecule has 0 fully saturated rings. The lowest BCUT2D eigenvalue weighted by Crippen LogP contribution is -2.40. The maximum absolute atomic E-state index is 13.3. The molecule has 4 rings (SSSR count). The first-order valence-corrected chi connectivity index (χ1v) is 10.9. The van der Waals surface area contributed by atoms with Crippen LogP contribution < -0.4 is 10.5 Å². The maximum Gasteiger partial charge on any atom is 0.263 e. The van der Waals surface area contributed by atoms with E-state index in [4.69, 9.17) is 0 Å². The first-order valence-electron chi connectivity index (χ1n) is 9.18. The van der Waals surface area contributed by atoms with Crippen molar-refractivity contribution in [3.05, 3.63) is 64.3 Å². The van der Waals surface area contributed by atoms with E-state index in [1.165, 1.54) is 28.7 Å². The average Bonchev–Trinajstić information content (AvgIpc) is 3.27. The first kappa shape index (κ1) is 19.0. The Morgan fingerprint density at radius 3 is 3.00 bits per heavy atom. The summed E-state index contributed by atoms with van der Waals surface area (Å²) in [6.45, 7) is 8.06. The highest BCUT2D eigenvalue weighted by atomic mass is 32.2. The second-order valence-corrected chi connectivity index (χ2v) is 9.09. The lowest BCUT2D eigenvalue weighted by Gasteiger charge is -2.26. The number of carbonyl (C=O) groups is 1. The van der Waals surface area contributed by atoms with E-state index in [0.717, 1.165) is 12.1 Å². The molecule has 3 heterocycles. The molecule has 2 aromatic heterocycles. The molecule has 1 aliphatic heterocycles. The smallest absolute Gasteiger partial charge is 0.263 e. The summed E-state index contributed by atoms with van der Waals surface area (Å²) < 4.78 is 1.60. The number of thioether (sulfide) groups is 1. The summed E-state index contributed by atoms with van der Waals surface area (Å²) in [7, 11) is 0. The number of aromatic nitrogens is 2. The molecule has 5 nitrogen and oxygen atoms in total. The number of hydrogen-bond acceptors (Lipinski definition) is 5. The summed E-state index contributed by atoms with van der Waals surface area (Å²) in [5.41, 5.74) is 2.09. The van der Waals surface area contributed by atoms with Crippen molar-refractivity contribution in [2.45, 2.75) is 43.3 Å². The predicted molar refractivity (Wildman–Crippen MR) is 116 cm³/mol. The molecule has 0 saturated heterocycles. The molecule has 1 amide bonds. The van der Waals surface area contributed by atoms with Crippen molar-refractivity contribution >= 4 is 44.9 Å². The summed E-state index contributed by atoms with van der Waals surface area (Å²) in [6.07, 6.45) is 2.54. The molecular weight excluding hydrogens is 390 g/mol. The zero-order chi connectivity index (χ0) is 19.8. The van der Waals surface area contributed by atoms with Gasteiger partial charge in [-0.2, -0.15) is 0 Å². The molecule has 2 atom stereocenters. The van der Waals surface area contributed by atoms with Crippen LogP contribution in [0.4, 0.5) is 5.69 Å². The third-order valence-corrected chi connectivity index (χ3v) is 6.82. The van der Waals surface area contributed by atoms with Crippen molar-refractivity contribution in [3.8, 4) is 0 Å². The minimum atomic E-state index is -0.367. The lowest BCUT2D eigenvalue weighted by atomic mass is 10.1. The van der Waals surface area contributed by atoms with E-state index in [2.05, 4.69) is 24.6 Å². The van der Waals surface area contributed by atoms with E-state index in [1.54, 1.807) is 16.7 Å². The van der Waals surface area contributed by atoms with Crippen molar-refractivity contribution in [2.24, 2.45) is 0 Å². The van der Waals surface area contributed by atoms with Crippen LogP contribution in [0, 0.1) is 0 Å². The fourth-order valence-corrected chi connectivity index (χ4v) is 5.39. The minimum Gasteiger partial charge on any atom is -0.308 e. The summed E-state index contributed by atoms with van der Waals surface area (Å²) in [5, 5.41) is 2.66. The van der Waals surface area contributed by atoms with Gasteiger partial charge >= 0.3 is 0 Å². The Bertz CT molecular complexity index is 1120. The van der Waals surface area contributed by atoms with Gasteiger partial charge in [-0.25, -0.2) is 4.98 Å². The van der Waals surface area contributed by atoms with Crippen LogP contribution in [0.25, 0.3) is 10.2 Å². The van der Waals surface area contributed by atoms with E-state index in [0.29, 0.717) is 21.9 Å². The van der Waals surface area contributed by atoms with Crippen molar-refractivity contribution in [1.29, 1.82) is 0 Å². The third-order valence-electron chi connectivity index (χ3n) is 4.93. The number of anilines is 1. The number of benzene rings is 1. The number of carbonyl (C=O) groups excluding carboxylic acids is 1. The van der Waals surface area contributed by atoms with Crippen LogP contribution in [0.5, 0.6) is 0 Å². The van der Waals surface area contributed by atoms with Gasteiger partial charge in [-0.1, -0.05) is 36.0 Å². The standard InChI is InChI=1S/C21H21N3O2S2/c1-4-10-23-20(26)16-9-11-27-18(16)22-21(23)28-14(3)19(25)24-13(2)12-15-7-5-6-8-17(15)24/h4-9,11,13-14H,1,10,12H2,2-3H3/t13-,14+/m0/s1. The van der Waals surface area contributed by atoms with E-state index in [1.807, 2.05) is 35.4 Å². The topological polar surface area (TPSA) is 55.2 Å². The van der Waals surface area contributed by atoms with Gasteiger partial charge in [0.05, 0.1) is 10.6 Å². The highest BCUT2D eigenvalue weighted by molar-refractivity contribution is 8.00. The quantitative estimate of drug-likeness (QED) is 0.360. The number of para-hydroxylation sites is 1. The first-order chi connectivity index (χ1) is 13.5. The number of amides is 1. The highest BCUT2D eigenvalue weighted by Crippen LogP contribution is 2.34. The van der Waals surface area contributed by atoms with E-state index >= 15 is 0 Å². The molecule has 0 bridgehead atoms. The molecule has 1 aliphatic rings. The second kappa shape index (κ2) is 7.56. The zero-order valence-corrected chi connectivity index (χ0v) is 17.4. The van der Waals surface area contributed by atoms with Crippen LogP contribution in [0.1, 0.15) is 19.4 Å². The lowest BCUT2D eigenvalue weighted by molar-refractivity contribution is -0.118. The minimum absolute atomic E-state index is 0.0353. The van der Waals surface area contributed by atoms with Crippen LogP contribution in [0.2, 0.25) is 0 Å². The molecule has 28 heavy (non-hydrogen) atoms. The summed E-state index contributed by atoms with van der Waals surface area (Å²) >= 11 is 2.77. The van der Waals surface area contributed by atoms with Gasteiger partial charge in [-0.15, -0.1) is 17.9 Å². The number of fused-ring (bicyclic) bond motifs is 2. The average molecular weight is 412 g/mol. The highest BCUT2D eigenvalue weighted by Gasteiger charge is 2.34. The summed E-state index contributed by atoms with van der Waals surface area (Å²) in [6, 6.07) is 9.95.